The van der Waals surface area contributed by atoms with Crippen LogP contribution in [0.5, 0.6) is 11.5 Å². The monoisotopic (exact) mass is 342 g/mol. The second-order valence-corrected chi connectivity index (χ2v) is 7.18. The van der Waals surface area contributed by atoms with Crippen molar-refractivity contribution in [1.82, 2.24) is 0 Å². The minimum absolute atomic E-state index is 0.0121. The number of aromatic hydroxyl groups is 2. The number of aliphatic hydroxyl groups is 1. The molecule has 1 aliphatic carbocycles. The zero-order valence-electron chi connectivity index (χ0n) is 15.4. The van der Waals surface area contributed by atoms with E-state index in [0.717, 1.165) is 30.4 Å². The van der Waals surface area contributed by atoms with Gasteiger partial charge in [0.15, 0.2) is 0 Å². The van der Waals surface area contributed by atoms with E-state index in [0.29, 0.717) is 12.0 Å². The topological polar surface area (TPSA) is 60.7 Å². The lowest BCUT2D eigenvalue weighted by Crippen LogP contribution is -2.39. The van der Waals surface area contributed by atoms with Crippen molar-refractivity contribution in [3.63, 3.8) is 0 Å². The van der Waals surface area contributed by atoms with E-state index in [1.54, 1.807) is 12.1 Å². The highest BCUT2D eigenvalue weighted by atomic mass is 16.3. The van der Waals surface area contributed by atoms with Gasteiger partial charge in [0.25, 0.3) is 0 Å². The molecule has 26 heavy (non-hydrogen) atoms. The SMILES string of the molecule is [B]C([B])=C(C1CCC(C)=CC1c1c(O)cc(CCC)cc1O)C([B])([B])O. The number of phenolic OH excluding ortho intramolecular Hbond substituents is 2. The molecule has 7 heteroatoms. The summed E-state index contributed by atoms with van der Waals surface area (Å²) in [4.78, 5) is 0. The maximum atomic E-state index is 10.6. The fraction of sp³-hybridized carbons (Fsp3) is 0.474. The minimum Gasteiger partial charge on any atom is -0.507 e. The summed E-state index contributed by atoms with van der Waals surface area (Å²) in [6.07, 6.45) is 4.89. The molecule has 3 N–H and O–H groups in total. The lowest BCUT2D eigenvalue weighted by molar-refractivity contribution is 0.226. The van der Waals surface area contributed by atoms with Crippen molar-refractivity contribution in [2.75, 3.05) is 0 Å². The second kappa shape index (κ2) is 8.04. The van der Waals surface area contributed by atoms with Gasteiger partial charge in [-0.2, -0.15) is 5.37 Å². The maximum absolute atomic E-state index is 10.6. The van der Waals surface area contributed by atoms with Crippen LogP contribution >= 0.6 is 0 Å². The molecule has 2 rings (SSSR count). The van der Waals surface area contributed by atoms with Crippen LogP contribution in [0.2, 0.25) is 0 Å². The van der Waals surface area contributed by atoms with E-state index in [2.05, 4.69) is 0 Å². The average molecular weight is 342 g/mol. The molecular formula is C19H22B4O3. The first-order valence-corrected chi connectivity index (χ1v) is 8.84. The van der Waals surface area contributed by atoms with Crippen LogP contribution in [0.15, 0.2) is 34.7 Å². The molecule has 0 amide bonds. The van der Waals surface area contributed by atoms with E-state index >= 15 is 0 Å². The fourth-order valence-corrected chi connectivity index (χ4v) is 3.87. The van der Waals surface area contributed by atoms with Gasteiger partial charge >= 0.3 is 0 Å². The molecule has 0 bridgehead atoms. The van der Waals surface area contributed by atoms with Crippen molar-refractivity contribution < 1.29 is 15.3 Å². The summed E-state index contributed by atoms with van der Waals surface area (Å²) in [6.45, 7) is 3.99. The van der Waals surface area contributed by atoms with E-state index in [-0.39, 0.29) is 22.4 Å². The Bertz CT molecular complexity index is 708. The summed E-state index contributed by atoms with van der Waals surface area (Å²) in [7, 11) is 22.9. The van der Waals surface area contributed by atoms with Crippen molar-refractivity contribution in [2.24, 2.45) is 5.92 Å². The number of aryl methyl sites for hydroxylation is 1. The zero-order valence-corrected chi connectivity index (χ0v) is 15.4. The van der Waals surface area contributed by atoms with Gasteiger partial charge < -0.3 is 15.3 Å². The Hall–Kier alpha value is -1.48. The smallest absolute Gasteiger partial charge is 0.123 e. The van der Waals surface area contributed by atoms with Crippen LogP contribution in [-0.4, -0.2) is 52.1 Å². The van der Waals surface area contributed by atoms with E-state index in [1.165, 1.54) is 0 Å². The Kier molecular flexibility index (Phi) is 6.44. The van der Waals surface area contributed by atoms with Gasteiger partial charge in [-0.05, 0) is 49.8 Å². The van der Waals surface area contributed by atoms with Gasteiger partial charge in [0.05, 0.1) is 15.7 Å². The summed E-state index contributed by atoms with van der Waals surface area (Å²) >= 11 is 0. The third-order valence-electron chi connectivity index (χ3n) is 4.93. The van der Waals surface area contributed by atoms with Gasteiger partial charge in [0.2, 0.25) is 0 Å². The Balaban J connectivity index is 2.60. The molecular weight excluding hydrogens is 319 g/mol. The van der Waals surface area contributed by atoms with Gasteiger partial charge in [-0.25, -0.2) is 0 Å². The number of phenols is 2. The van der Waals surface area contributed by atoms with Gasteiger partial charge in [-0.3, -0.25) is 0 Å². The predicted molar refractivity (Wildman–Crippen MR) is 108 cm³/mol. The molecule has 0 fully saturated rings. The molecule has 0 spiro atoms. The summed E-state index contributed by atoms with van der Waals surface area (Å²) in [5, 5.41) is 29.0. The Morgan fingerprint density at radius 3 is 2.23 bits per heavy atom. The molecule has 2 atom stereocenters. The molecule has 0 aliphatic heterocycles. The lowest BCUT2D eigenvalue weighted by Gasteiger charge is -2.39. The van der Waals surface area contributed by atoms with Crippen LogP contribution in [0.4, 0.5) is 0 Å². The van der Waals surface area contributed by atoms with Gasteiger partial charge in [0.1, 0.15) is 27.2 Å². The number of allylic oxidation sites excluding steroid dienone is 2. The van der Waals surface area contributed by atoms with Crippen LogP contribution in [0.25, 0.3) is 0 Å². The number of rotatable bonds is 5. The molecule has 0 saturated heterocycles. The number of benzene rings is 1. The minimum atomic E-state index is -2.19. The highest BCUT2D eigenvalue weighted by Gasteiger charge is 2.36. The summed E-state index contributed by atoms with van der Waals surface area (Å²) < 4.78 is 0. The van der Waals surface area contributed by atoms with E-state index in [1.807, 2.05) is 19.9 Å². The first-order chi connectivity index (χ1) is 12.1. The van der Waals surface area contributed by atoms with Crippen molar-refractivity contribution in [2.45, 2.75) is 50.8 Å². The third kappa shape index (κ3) is 4.43. The first kappa shape index (κ1) is 20.8. The van der Waals surface area contributed by atoms with Gasteiger partial charge in [-0.1, -0.05) is 30.6 Å². The molecule has 1 aromatic carbocycles. The van der Waals surface area contributed by atoms with Crippen LogP contribution in [0.3, 0.4) is 0 Å². The summed E-state index contributed by atoms with van der Waals surface area (Å²) in [6, 6.07) is 3.30. The van der Waals surface area contributed by atoms with Crippen molar-refractivity contribution in [3.05, 3.63) is 45.9 Å². The first-order valence-electron chi connectivity index (χ1n) is 8.84. The fourth-order valence-electron chi connectivity index (χ4n) is 3.87. The predicted octanol–water partition coefficient (Wildman–Crippen LogP) is 2.02. The third-order valence-corrected chi connectivity index (χ3v) is 4.93. The Labute approximate surface area is 161 Å². The Morgan fingerprint density at radius 2 is 1.77 bits per heavy atom. The number of hydrogen-bond acceptors (Lipinski definition) is 3. The highest BCUT2D eigenvalue weighted by Crippen LogP contribution is 2.48. The van der Waals surface area contributed by atoms with Crippen LogP contribution in [0, 0.1) is 5.92 Å². The highest BCUT2D eigenvalue weighted by molar-refractivity contribution is 6.51. The van der Waals surface area contributed by atoms with Crippen LogP contribution < -0.4 is 0 Å². The largest absolute Gasteiger partial charge is 0.507 e. The molecule has 8 radical (unpaired) electrons. The van der Waals surface area contributed by atoms with Crippen LogP contribution in [0.1, 0.15) is 50.2 Å². The molecule has 2 unspecified atom stereocenters. The molecule has 128 valence electrons. The molecule has 1 aliphatic rings. The normalized spacial score (nSPS) is 20.5. The standard InChI is InChI=1S/C19H22B4O3/c1-3-4-11-8-14(24)16(15(25)9-11)13-7-10(2)5-6-12(13)17(18(20)21)19(22,23)26/h7-9,12-13,24-26H,3-6H2,1-2H3. The maximum Gasteiger partial charge on any atom is 0.123 e. The van der Waals surface area contributed by atoms with Crippen molar-refractivity contribution in [1.29, 1.82) is 0 Å². The van der Waals surface area contributed by atoms with Gasteiger partial charge in [0, 0.05) is 16.9 Å². The van der Waals surface area contributed by atoms with Crippen molar-refractivity contribution in [3.8, 4) is 11.5 Å². The van der Waals surface area contributed by atoms with E-state index in [4.69, 9.17) is 31.4 Å². The quantitative estimate of drug-likeness (QED) is 0.567. The second-order valence-electron chi connectivity index (χ2n) is 7.18. The van der Waals surface area contributed by atoms with Gasteiger partial charge in [-0.15, -0.1) is 0 Å². The van der Waals surface area contributed by atoms with E-state index < -0.39 is 17.2 Å². The molecule has 0 aromatic heterocycles. The average Bonchev–Trinajstić information content (AvgIpc) is 2.47. The number of hydrogen-bond donors (Lipinski definition) is 3. The summed E-state index contributed by atoms with van der Waals surface area (Å²) in [5.74, 6) is -0.934. The molecule has 0 heterocycles. The Morgan fingerprint density at radius 1 is 1.19 bits per heavy atom. The zero-order chi connectivity index (χ0) is 19.6. The molecule has 3 nitrogen and oxygen atoms in total. The molecule has 1 aromatic rings. The van der Waals surface area contributed by atoms with E-state index in [9.17, 15) is 15.3 Å². The molecule has 0 saturated carbocycles. The van der Waals surface area contributed by atoms with Crippen molar-refractivity contribution >= 4 is 31.4 Å². The van der Waals surface area contributed by atoms with Crippen LogP contribution in [-0.2, 0) is 6.42 Å². The summed E-state index contributed by atoms with van der Waals surface area (Å²) in [5.41, 5.74) is 2.41. The lowest BCUT2D eigenvalue weighted by atomic mass is 9.51.